The van der Waals surface area contributed by atoms with Gasteiger partial charge >= 0.3 is 4.87 Å². The molecule has 0 saturated carbocycles. The number of aromatic hydroxyl groups is 1. The molecule has 0 unspecified atom stereocenters. The summed E-state index contributed by atoms with van der Waals surface area (Å²) in [5.41, 5.74) is 1.38. The molecular weight excluding hydrogens is 418 g/mol. The van der Waals surface area contributed by atoms with Crippen LogP contribution in [0.4, 0.5) is 11.4 Å². The lowest BCUT2D eigenvalue weighted by Gasteiger charge is -2.30. The molecule has 4 rings (SSSR count). The topological polar surface area (TPSA) is 112 Å². The van der Waals surface area contributed by atoms with E-state index in [1.165, 1.54) is 6.92 Å². The molecule has 8 nitrogen and oxygen atoms in total. The Morgan fingerprint density at radius 1 is 1.19 bits per heavy atom. The highest BCUT2D eigenvalue weighted by atomic mass is 32.1. The molecule has 0 spiro atoms. The second-order valence-corrected chi connectivity index (χ2v) is 7.91. The van der Waals surface area contributed by atoms with Gasteiger partial charge in [0.1, 0.15) is 11.3 Å². The van der Waals surface area contributed by atoms with Gasteiger partial charge in [-0.1, -0.05) is 24.3 Å². The maximum absolute atomic E-state index is 12.7. The van der Waals surface area contributed by atoms with Crippen LogP contribution in [0.15, 0.2) is 63.1 Å². The minimum absolute atomic E-state index is 0.0664. The van der Waals surface area contributed by atoms with E-state index < -0.39 is 21.5 Å². The van der Waals surface area contributed by atoms with Crippen molar-refractivity contribution in [2.45, 2.75) is 19.4 Å². The zero-order chi connectivity index (χ0) is 22.1. The largest absolute Gasteiger partial charge is 0.499 e. The molecular formula is C22H19N3O5S. The van der Waals surface area contributed by atoms with Gasteiger partial charge in [0.15, 0.2) is 5.06 Å². The number of aliphatic imine (C=N–C) groups is 1. The van der Waals surface area contributed by atoms with Crippen LogP contribution in [0.3, 0.4) is 0 Å². The predicted octanol–water partition coefficient (Wildman–Crippen LogP) is 3.13. The van der Waals surface area contributed by atoms with E-state index in [0.717, 1.165) is 5.56 Å². The number of anilines is 1. The molecule has 158 valence electrons. The first-order chi connectivity index (χ1) is 14.9. The molecule has 1 aliphatic rings. The number of rotatable bonds is 3. The number of aromatic amines is 1. The number of methoxy groups -OCH3 is 1. The number of fused-ring (bicyclic) bond motifs is 1. The molecule has 0 bridgehead atoms. The van der Waals surface area contributed by atoms with Crippen LogP contribution in [0.5, 0.6) is 10.8 Å². The molecule has 0 radical (unpaired) electrons. The van der Waals surface area contributed by atoms with Crippen molar-refractivity contribution in [2.75, 3.05) is 12.0 Å². The van der Waals surface area contributed by atoms with Crippen LogP contribution in [0.2, 0.25) is 0 Å². The number of hydrogen-bond donors (Lipinski definition) is 2. The van der Waals surface area contributed by atoms with Gasteiger partial charge in [-0.3, -0.25) is 24.4 Å². The van der Waals surface area contributed by atoms with Gasteiger partial charge in [-0.05, 0) is 41.2 Å². The average Bonchev–Trinajstić information content (AvgIpc) is 2.90. The van der Waals surface area contributed by atoms with Gasteiger partial charge in [-0.15, -0.1) is 0 Å². The Hall–Kier alpha value is -3.72. The fourth-order valence-corrected chi connectivity index (χ4v) is 4.34. The molecule has 9 heteroatoms. The van der Waals surface area contributed by atoms with E-state index in [-0.39, 0.29) is 23.6 Å². The summed E-state index contributed by atoms with van der Waals surface area (Å²) in [6.07, 6.45) is 0.155. The molecule has 3 aromatic rings. The fraction of sp³-hybridized carbons (Fsp3) is 0.182. The first-order valence-electron chi connectivity index (χ1n) is 9.46. The summed E-state index contributed by atoms with van der Waals surface area (Å²) in [5, 5.41) is 9.98. The van der Waals surface area contributed by atoms with E-state index in [1.807, 2.05) is 12.1 Å². The Kier molecular flexibility index (Phi) is 5.43. The highest BCUT2D eigenvalue weighted by Crippen LogP contribution is 2.41. The third-order valence-electron chi connectivity index (χ3n) is 5.07. The summed E-state index contributed by atoms with van der Waals surface area (Å²) >= 11 is 0.530. The first kappa shape index (κ1) is 20.5. The maximum atomic E-state index is 12.7. The molecule has 2 heterocycles. The van der Waals surface area contributed by atoms with Crippen molar-refractivity contribution < 1.29 is 14.6 Å². The third-order valence-corrected chi connectivity index (χ3v) is 5.75. The van der Waals surface area contributed by atoms with Crippen molar-refractivity contribution in [2.24, 2.45) is 4.99 Å². The lowest BCUT2D eigenvalue weighted by atomic mass is 9.96. The number of hydrogen-bond acceptors (Lipinski definition) is 7. The zero-order valence-corrected chi connectivity index (χ0v) is 17.6. The third kappa shape index (κ3) is 3.87. The number of carbonyl (C=O) groups excluding carboxylic acids is 1. The standard InChI is InChI=1S/C22H19N3O5S/c1-12(26)25-17-6-4-3-5-15(17)23-16(19-20(27)24-22(29)31-21(19)28)11-18(25)13-7-9-14(30-2)10-8-13/h3-10,18,28H,11H2,1-2H3,(H,24,27,29)/t18-/m0/s1. The van der Waals surface area contributed by atoms with Crippen molar-refractivity contribution in [1.29, 1.82) is 0 Å². The van der Waals surface area contributed by atoms with E-state index >= 15 is 0 Å². The monoisotopic (exact) mass is 437 g/mol. The van der Waals surface area contributed by atoms with Crippen LogP contribution in [0.25, 0.3) is 0 Å². The molecule has 1 atom stereocenters. The smallest absolute Gasteiger partial charge is 0.310 e. The van der Waals surface area contributed by atoms with Crippen molar-refractivity contribution in [3.63, 3.8) is 0 Å². The fourth-order valence-electron chi connectivity index (χ4n) is 3.71. The molecule has 31 heavy (non-hydrogen) atoms. The Bertz CT molecular complexity index is 1290. The number of para-hydroxylation sites is 2. The first-order valence-corrected chi connectivity index (χ1v) is 10.3. The summed E-state index contributed by atoms with van der Waals surface area (Å²) < 4.78 is 5.23. The summed E-state index contributed by atoms with van der Waals surface area (Å²) in [4.78, 5) is 44.7. The number of ether oxygens (including phenoxy) is 1. The quantitative estimate of drug-likeness (QED) is 0.654. The second kappa shape index (κ2) is 8.19. The van der Waals surface area contributed by atoms with Crippen LogP contribution >= 0.6 is 11.3 Å². The van der Waals surface area contributed by atoms with Gasteiger partial charge < -0.3 is 14.7 Å². The van der Waals surface area contributed by atoms with Crippen molar-refractivity contribution in [3.05, 3.63) is 79.7 Å². The van der Waals surface area contributed by atoms with Crippen LogP contribution in [0, 0.1) is 0 Å². The summed E-state index contributed by atoms with van der Waals surface area (Å²) in [5.74, 6) is 0.475. The Morgan fingerprint density at radius 3 is 2.55 bits per heavy atom. The second-order valence-electron chi connectivity index (χ2n) is 6.95. The minimum atomic E-state index is -0.720. The van der Waals surface area contributed by atoms with E-state index in [2.05, 4.69) is 9.98 Å². The number of nitrogens with one attached hydrogen (secondary N) is 1. The molecule has 2 N–H and O–H groups in total. The lowest BCUT2D eigenvalue weighted by molar-refractivity contribution is -0.117. The zero-order valence-electron chi connectivity index (χ0n) is 16.8. The Balaban J connectivity index is 1.95. The van der Waals surface area contributed by atoms with E-state index in [0.29, 0.717) is 28.5 Å². The Labute approximate surface area is 181 Å². The van der Waals surface area contributed by atoms with Gasteiger partial charge in [-0.2, -0.15) is 0 Å². The summed E-state index contributed by atoms with van der Waals surface area (Å²) in [6.45, 7) is 1.47. The van der Waals surface area contributed by atoms with Crippen LogP contribution in [-0.2, 0) is 4.79 Å². The number of benzene rings is 2. The van der Waals surface area contributed by atoms with Gasteiger partial charge in [-0.25, -0.2) is 0 Å². The lowest BCUT2D eigenvalue weighted by Crippen LogP contribution is -2.34. The number of aromatic nitrogens is 1. The normalized spacial score (nSPS) is 15.6. The molecule has 1 aliphatic heterocycles. The highest BCUT2D eigenvalue weighted by molar-refractivity contribution is 7.11. The van der Waals surface area contributed by atoms with Crippen LogP contribution in [-0.4, -0.2) is 28.8 Å². The number of H-pyrrole nitrogens is 1. The highest BCUT2D eigenvalue weighted by Gasteiger charge is 2.32. The molecule has 2 aromatic carbocycles. The van der Waals surface area contributed by atoms with Gasteiger partial charge in [0.05, 0.1) is 30.2 Å². The van der Waals surface area contributed by atoms with Gasteiger partial charge in [0, 0.05) is 13.3 Å². The van der Waals surface area contributed by atoms with Crippen molar-refractivity contribution in [3.8, 4) is 10.8 Å². The molecule has 1 aromatic heterocycles. The van der Waals surface area contributed by atoms with Crippen molar-refractivity contribution in [1.82, 2.24) is 4.98 Å². The number of carbonyl (C=O) groups is 1. The predicted molar refractivity (Wildman–Crippen MR) is 119 cm³/mol. The van der Waals surface area contributed by atoms with Gasteiger partial charge in [0.25, 0.3) is 5.56 Å². The number of amides is 1. The van der Waals surface area contributed by atoms with Crippen LogP contribution in [0.1, 0.15) is 30.5 Å². The number of nitrogens with zero attached hydrogens (tertiary/aromatic N) is 2. The van der Waals surface area contributed by atoms with Crippen molar-refractivity contribution >= 4 is 34.3 Å². The molecule has 1 amide bonds. The molecule has 0 aliphatic carbocycles. The van der Waals surface area contributed by atoms with E-state index in [1.54, 1.807) is 48.4 Å². The van der Waals surface area contributed by atoms with Gasteiger partial charge in [0.2, 0.25) is 5.91 Å². The molecule has 0 saturated heterocycles. The summed E-state index contributed by atoms with van der Waals surface area (Å²) in [6, 6.07) is 13.9. The average molecular weight is 437 g/mol. The molecule has 0 fully saturated rings. The van der Waals surface area contributed by atoms with E-state index in [4.69, 9.17) is 4.74 Å². The van der Waals surface area contributed by atoms with Crippen LogP contribution < -0.4 is 20.1 Å². The SMILES string of the molecule is COc1ccc([C@@H]2CC(c3c(O)sc(=O)[nH]c3=O)=Nc3ccccc3N2C(C)=O)cc1. The van der Waals surface area contributed by atoms with E-state index in [9.17, 15) is 19.5 Å². The minimum Gasteiger partial charge on any atom is -0.499 e. The Morgan fingerprint density at radius 2 is 1.90 bits per heavy atom. The summed E-state index contributed by atoms with van der Waals surface area (Å²) in [7, 11) is 1.57. The maximum Gasteiger partial charge on any atom is 0.310 e.